The van der Waals surface area contributed by atoms with Crippen LogP contribution in [0.1, 0.15) is 16.8 Å². The monoisotopic (exact) mass is 500 g/mol. The Morgan fingerprint density at radius 2 is 0.971 bits per heavy atom. The Morgan fingerprint density at radius 1 is 0.571 bits per heavy atom. The Hall–Kier alpha value is -2.41. The minimum absolute atomic E-state index is 0.00359. The quantitative estimate of drug-likeness (QED) is 0.0927. The van der Waals surface area contributed by atoms with E-state index in [4.69, 9.17) is 33.2 Å². The molecule has 35 heavy (non-hydrogen) atoms. The molecule has 198 valence electrons. The highest BCUT2D eigenvalue weighted by Gasteiger charge is 2.17. The number of ketones is 1. The molecular formula is C24H36O11. The number of rotatable bonds is 23. The first-order chi connectivity index (χ1) is 17.1. The van der Waals surface area contributed by atoms with Gasteiger partial charge in [0.15, 0.2) is 0 Å². The lowest BCUT2D eigenvalue weighted by molar-refractivity contribution is -0.142. The summed E-state index contributed by atoms with van der Waals surface area (Å²) in [4.78, 5) is 34.4. The van der Waals surface area contributed by atoms with Gasteiger partial charge in [-0.3, -0.25) is 9.59 Å². The highest BCUT2D eigenvalue weighted by molar-refractivity contribution is 6.40. The summed E-state index contributed by atoms with van der Waals surface area (Å²) in [7, 11) is 1.34. The Balaban J connectivity index is 1.75. The SMILES string of the molecule is COC(=O)CCOCCOCCOCCOCCOCCOCCOC(=O)C(=O)c1ccccc1. The minimum atomic E-state index is -0.900. The van der Waals surface area contributed by atoms with Gasteiger partial charge in [-0.1, -0.05) is 30.3 Å². The lowest BCUT2D eigenvalue weighted by atomic mass is 10.1. The second kappa shape index (κ2) is 22.1. The molecule has 0 N–H and O–H groups in total. The lowest BCUT2D eigenvalue weighted by Crippen LogP contribution is -2.20. The first-order valence-corrected chi connectivity index (χ1v) is 11.4. The molecule has 0 spiro atoms. The second-order valence-corrected chi connectivity index (χ2v) is 6.83. The summed E-state index contributed by atoms with van der Waals surface area (Å²) in [6, 6.07) is 8.23. The summed E-state index contributed by atoms with van der Waals surface area (Å²) >= 11 is 0. The summed E-state index contributed by atoms with van der Waals surface area (Å²) in [5.41, 5.74) is 0.293. The van der Waals surface area contributed by atoms with Crippen LogP contribution in [0.2, 0.25) is 0 Å². The molecule has 0 aliphatic carbocycles. The van der Waals surface area contributed by atoms with Gasteiger partial charge in [0.25, 0.3) is 5.78 Å². The van der Waals surface area contributed by atoms with Crippen LogP contribution in [0.25, 0.3) is 0 Å². The van der Waals surface area contributed by atoms with Crippen LogP contribution in [-0.4, -0.2) is 111 Å². The van der Waals surface area contributed by atoms with Crippen LogP contribution in [0, 0.1) is 0 Å². The molecule has 0 amide bonds. The van der Waals surface area contributed by atoms with Crippen LogP contribution in [0.3, 0.4) is 0 Å². The second-order valence-electron chi connectivity index (χ2n) is 6.83. The average molecular weight is 501 g/mol. The van der Waals surface area contributed by atoms with Gasteiger partial charge in [-0.05, 0) is 0 Å². The molecule has 0 fully saturated rings. The number of esters is 2. The molecule has 0 bridgehead atoms. The van der Waals surface area contributed by atoms with Crippen molar-refractivity contribution in [2.24, 2.45) is 0 Å². The molecule has 11 heteroatoms. The number of carbonyl (C=O) groups is 3. The highest BCUT2D eigenvalue weighted by Crippen LogP contribution is 2.01. The highest BCUT2D eigenvalue weighted by atomic mass is 16.6. The maximum Gasteiger partial charge on any atom is 0.379 e. The van der Waals surface area contributed by atoms with E-state index in [9.17, 15) is 14.4 Å². The molecule has 11 nitrogen and oxygen atoms in total. The van der Waals surface area contributed by atoms with Crippen LogP contribution >= 0.6 is 0 Å². The van der Waals surface area contributed by atoms with Gasteiger partial charge in [-0.15, -0.1) is 0 Å². The Bertz CT molecular complexity index is 681. The molecule has 1 aromatic carbocycles. The van der Waals surface area contributed by atoms with Crippen molar-refractivity contribution in [2.45, 2.75) is 6.42 Å². The number of hydrogen-bond donors (Lipinski definition) is 0. The fourth-order valence-electron chi connectivity index (χ4n) is 2.43. The third-order valence-electron chi connectivity index (χ3n) is 4.22. The number of methoxy groups -OCH3 is 1. The van der Waals surface area contributed by atoms with Gasteiger partial charge in [0.1, 0.15) is 6.61 Å². The third-order valence-corrected chi connectivity index (χ3v) is 4.22. The van der Waals surface area contributed by atoms with Crippen molar-refractivity contribution in [2.75, 3.05) is 93.0 Å². The van der Waals surface area contributed by atoms with Crippen LogP contribution in [-0.2, 0) is 47.5 Å². The predicted octanol–water partition coefficient (Wildman–Crippen LogP) is 1.08. The average Bonchev–Trinajstić information content (AvgIpc) is 2.89. The van der Waals surface area contributed by atoms with Gasteiger partial charge in [-0.2, -0.15) is 0 Å². The van der Waals surface area contributed by atoms with Crippen LogP contribution in [0.5, 0.6) is 0 Å². The van der Waals surface area contributed by atoms with Crippen molar-refractivity contribution >= 4 is 17.7 Å². The van der Waals surface area contributed by atoms with Crippen molar-refractivity contribution < 1.29 is 52.3 Å². The van der Waals surface area contributed by atoms with E-state index in [1.165, 1.54) is 7.11 Å². The third kappa shape index (κ3) is 17.6. The van der Waals surface area contributed by atoms with Gasteiger partial charge in [0, 0.05) is 5.56 Å². The van der Waals surface area contributed by atoms with Gasteiger partial charge in [0.2, 0.25) is 0 Å². The van der Waals surface area contributed by atoms with E-state index in [0.717, 1.165) is 0 Å². The van der Waals surface area contributed by atoms with Crippen molar-refractivity contribution in [3.8, 4) is 0 Å². The summed E-state index contributed by atoms with van der Waals surface area (Å²) in [6.45, 7) is 4.70. The van der Waals surface area contributed by atoms with Crippen molar-refractivity contribution in [3.63, 3.8) is 0 Å². The molecule has 0 aliphatic heterocycles. The first kappa shape index (κ1) is 30.6. The molecule has 0 atom stereocenters. The Morgan fingerprint density at radius 3 is 1.40 bits per heavy atom. The van der Waals surface area contributed by atoms with Gasteiger partial charge >= 0.3 is 11.9 Å². The molecule has 0 heterocycles. The van der Waals surface area contributed by atoms with Gasteiger partial charge < -0.3 is 37.9 Å². The zero-order valence-electron chi connectivity index (χ0n) is 20.3. The predicted molar refractivity (Wildman–Crippen MR) is 123 cm³/mol. The van der Waals surface area contributed by atoms with E-state index in [1.54, 1.807) is 30.3 Å². The van der Waals surface area contributed by atoms with E-state index in [2.05, 4.69) is 4.74 Å². The number of Topliss-reactive ketones (excluding diaryl/α,β-unsaturated/α-hetero) is 1. The topological polar surface area (TPSA) is 125 Å². The van der Waals surface area contributed by atoms with Crippen molar-refractivity contribution in [1.82, 2.24) is 0 Å². The van der Waals surface area contributed by atoms with E-state index in [-0.39, 0.29) is 25.6 Å². The fraction of sp³-hybridized carbons (Fsp3) is 0.625. The summed E-state index contributed by atoms with van der Waals surface area (Å²) in [6.07, 6.45) is 0.233. The number of ether oxygens (including phenoxy) is 8. The van der Waals surface area contributed by atoms with E-state index in [0.29, 0.717) is 78.2 Å². The lowest BCUT2D eigenvalue weighted by Gasteiger charge is -2.08. The molecule has 0 aliphatic rings. The van der Waals surface area contributed by atoms with E-state index < -0.39 is 11.8 Å². The van der Waals surface area contributed by atoms with Crippen molar-refractivity contribution in [3.05, 3.63) is 35.9 Å². The number of carbonyl (C=O) groups excluding carboxylic acids is 3. The molecule has 0 saturated carbocycles. The summed E-state index contributed by atoms with van der Waals surface area (Å²) in [5, 5.41) is 0. The van der Waals surface area contributed by atoms with E-state index >= 15 is 0 Å². The van der Waals surface area contributed by atoms with Crippen LogP contribution in [0.15, 0.2) is 30.3 Å². The zero-order valence-corrected chi connectivity index (χ0v) is 20.3. The first-order valence-electron chi connectivity index (χ1n) is 11.4. The van der Waals surface area contributed by atoms with E-state index in [1.807, 2.05) is 0 Å². The fourth-order valence-corrected chi connectivity index (χ4v) is 2.43. The Kier molecular flexibility index (Phi) is 19.3. The van der Waals surface area contributed by atoms with Crippen LogP contribution < -0.4 is 0 Å². The van der Waals surface area contributed by atoms with Crippen molar-refractivity contribution in [1.29, 1.82) is 0 Å². The van der Waals surface area contributed by atoms with Gasteiger partial charge in [-0.25, -0.2) is 4.79 Å². The minimum Gasteiger partial charge on any atom is -0.469 e. The van der Waals surface area contributed by atoms with Crippen LogP contribution in [0.4, 0.5) is 0 Å². The molecule has 0 radical (unpaired) electrons. The number of benzene rings is 1. The molecule has 1 rings (SSSR count). The molecule has 0 saturated heterocycles. The van der Waals surface area contributed by atoms with Gasteiger partial charge in [0.05, 0.1) is 92.8 Å². The molecule has 0 unspecified atom stereocenters. The largest absolute Gasteiger partial charge is 0.469 e. The normalized spacial score (nSPS) is 10.8. The summed E-state index contributed by atoms with van der Waals surface area (Å²) in [5.74, 6) is -1.87. The maximum absolute atomic E-state index is 11.8. The smallest absolute Gasteiger partial charge is 0.379 e. The summed E-state index contributed by atoms with van der Waals surface area (Å²) < 4.78 is 41.4. The number of hydrogen-bond acceptors (Lipinski definition) is 11. The zero-order chi connectivity index (χ0) is 25.4. The Labute approximate surface area is 205 Å². The maximum atomic E-state index is 11.8. The molecule has 1 aromatic rings. The standard InChI is InChI=1S/C24H36O11/c1-28-22(25)7-8-29-9-10-30-11-12-31-13-14-32-15-16-33-17-18-34-19-20-35-24(27)23(26)21-5-3-2-4-6-21/h2-6H,7-20H2,1H3. The molecule has 0 aromatic heterocycles. The molecular weight excluding hydrogens is 464 g/mol.